The molecule has 1 fully saturated rings. The number of rotatable bonds is 6. The molecule has 0 heterocycles. The molecule has 0 unspecified atom stereocenters. The van der Waals surface area contributed by atoms with Gasteiger partial charge < -0.3 is 5.32 Å². The first-order valence-corrected chi connectivity index (χ1v) is 9.71. The van der Waals surface area contributed by atoms with Crippen LogP contribution in [0, 0.1) is 11.8 Å². The van der Waals surface area contributed by atoms with Gasteiger partial charge in [0.05, 0.1) is 0 Å². The minimum Gasteiger partial charge on any atom is -0.353 e. The van der Waals surface area contributed by atoms with E-state index in [1.165, 1.54) is 18.4 Å². The van der Waals surface area contributed by atoms with Gasteiger partial charge in [-0.2, -0.15) is 11.8 Å². The van der Waals surface area contributed by atoms with Gasteiger partial charge in [0.25, 0.3) is 0 Å². The maximum atomic E-state index is 12.1. The van der Waals surface area contributed by atoms with Gasteiger partial charge in [0.1, 0.15) is 0 Å². The molecular formula is C18H26ClNOS. The number of halogens is 1. The zero-order valence-corrected chi connectivity index (χ0v) is 15.1. The normalized spacial score (nSPS) is 25.0. The molecule has 1 aromatic rings. The molecule has 2 rings (SSSR count). The van der Waals surface area contributed by atoms with Crippen molar-refractivity contribution >= 4 is 29.3 Å². The van der Waals surface area contributed by atoms with Gasteiger partial charge in [0, 0.05) is 29.0 Å². The lowest BCUT2D eigenvalue weighted by Gasteiger charge is -2.34. The van der Waals surface area contributed by atoms with Gasteiger partial charge in [-0.25, -0.2) is 0 Å². The van der Waals surface area contributed by atoms with Crippen molar-refractivity contribution in [3.8, 4) is 0 Å². The number of thioether (sulfide) groups is 1. The smallest absolute Gasteiger partial charge is 0.221 e. The van der Waals surface area contributed by atoms with Crippen molar-refractivity contribution in [2.75, 3.05) is 5.75 Å². The molecule has 4 heteroatoms. The molecule has 1 amide bonds. The van der Waals surface area contributed by atoms with Crippen LogP contribution >= 0.6 is 23.4 Å². The summed E-state index contributed by atoms with van der Waals surface area (Å²) in [6, 6.07) is 8.28. The van der Waals surface area contributed by atoms with E-state index in [1.54, 1.807) is 11.8 Å². The van der Waals surface area contributed by atoms with Crippen molar-refractivity contribution < 1.29 is 4.79 Å². The predicted octanol–water partition coefficient (Wildman–Crippen LogP) is 4.90. The summed E-state index contributed by atoms with van der Waals surface area (Å²) in [4.78, 5) is 12.1. The Hall–Kier alpha value is -0.670. The quantitative estimate of drug-likeness (QED) is 0.746. The predicted molar refractivity (Wildman–Crippen MR) is 96.3 cm³/mol. The minimum absolute atomic E-state index is 0.203. The van der Waals surface area contributed by atoms with Crippen LogP contribution in [0.25, 0.3) is 0 Å². The van der Waals surface area contributed by atoms with Gasteiger partial charge in [0.15, 0.2) is 0 Å². The second-order valence-corrected chi connectivity index (χ2v) is 7.91. The molecule has 0 aliphatic heterocycles. The Balaban J connectivity index is 1.64. The summed E-state index contributed by atoms with van der Waals surface area (Å²) in [5.41, 5.74) is 1.25. The first kappa shape index (κ1) is 17.7. The van der Waals surface area contributed by atoms with Crippen molar-refractivity contribution in [2.45, 2.75) is 51.3 Å². The molecule has 122 valence electrons. The molecule has 1 aliphatic rings. The Bertz CT molecular complexity index is 476. The van der Waals surface area contributed by atoms with Gasteiger partial charge in [-0.3, -0.25) is 4.79 Å². The fourth-order valence-electron chi connectivity index (χ4n) is 3.00. The average molecular weight is 340 g/mol. The molecule has 2 nitrogen and oxygen atoms in total. The van der Waals surface area contributed by atoms with Crippen LogP contribution in [0.1, 0.15) is 45.1 Å². The molecule has 0 radical (unpaired) electrons. The van der Waals surface area contributed by atoms with Gasteiger partial charge in [-0.15, -0.1) is 0 Å². The molecule has 1 aromatic carbocycles. The molecule has 0 bridgehead atoms. The van der Waals surface area contributed by atoms with Gasteiger partial charge in [-0.05, 0) is 36.0 Å². The van der Waals surface area contributed by atoms with E-state index < -0.39 is 0 Å². The van der Waals surface area contributed by atoms with E-state index in [4.69, 9.17) is 11.6 Å². The van der Waals surface area contributed by atoms with Crippen molar-refractivity contribution in [3.05, 3.63) is 34.9 Å². The van der Waals surface area contributed by atoms with Crippen LogP contribution in [-0.2, 0) is 10.5 Å². The molecule has 0 aromatic heterocycles. The molecule has 0 spiro atoms. The lowest BCUT2D eigenvalue weighted by molar-refractivity contribution is -0.122. The lowest BCUT2D eigenvalue weighted by Crippen LogP contribution is -2.43. The topological polar surface area (TPSA) is 29.1 Å². The highest BCUT2D eigenvalue weighted by atomic mass is 35.5. The van der Waals surface area contributed by atoms with Crippen molar-refractivity contribution in [2.24, 2.45) is 11.8 Å². The third-order valence-electron chi connectivity index (χ3n) is 4.71. The maximum Gasteiger partial charge on any atom is 0.221 e. The largest absolute Gasteiger partial charge is 0.353 e. The Kier molecular flexibility index (Phi) is 7.10. The Morgan fingerprint density at radius 3 is 2.73 bits per heavy atom. The summed E-state index contributed by atoms with van der Waals surface area (Å²) < 4.78 is 0. The number of carbonyl (C=O) groups excluding carboxylic acids is 1. The van der Waals surface area contributed by atoms with Gasteiger partial charge >= 0.3 is 0 Å². The summed E-state index contributed by atoms with van der Waals surface area (Å²) in [6.45, 7) is 4.56. The standard InChI is InChI=1S/C18H26ClNOS/c1-13-4-3-5-17(14(13)2)20-18(21)10-11-22-12-15-6-8-16(19)9-7-15/h6-9,13-14,17H,3-5,10-12H2,1-2H3,(H,20,21)/t13-,14-,17+/m1/s1. The van der Waals surface area contributed by atoms with Crippen LogP contribution < -0.4 is 5.32 Å². The zero-order valence-electron chi connectivity index (χ0n) is 13.5. The fraction of sp³-hybridized carbons (Fsp3) is 0.611. The van der Waals surface area contributed by atoms with E-state index >= 15 is 0 Å². The highest BCUT2D eigenvalue weighted by molar-refractivity contribution is 7.98. The van der Waals surface area contributed by atoms with E-state index in [9.17, 15) is 4.79 Å². The van der Waals surface area contributed by atoms with Crippen LogP contribution in [0.4, 0.5) is 0 Å². The SMILES string of the molecule is C[C@@H]1[C@H](C)CCC[C@@H]1NC(=O)CCSCc1ccc(Cl)cc1. The number of benzene rings is 1. The Morgan fingerprint density at radius 2 is 2.00 bits per heavy atom. The summed E-state index contributed by atoms with van der Waals surface area (Å²) in [6.07, 6.45) is 4.28. The molecule has 1 aliphatic carbocycles. The van der Waals surface area contributed by atoms with Crippen LogP contribution in [-0.4, -0.2) is 17.7 Å². The maximum absolute atomic E-state index is 12.1. The van der Waals surface area contributed by atoms with Gasteiger partial charge in [-0.1, -0.05) is 50.4 Å². The van der Waals surface area contributed by atoms with E-state index in [2.05, 4.69) is 19.2 Å². The molecular weight excluding hydrogens is 314 g/mol. The first-order chi connectivity index (χ1) is 10.6. The summed E-state index contributed by atoms with van der Waals surface area (Å²) in [7, 11) is 0. The van der Waals surface area contributed by atoms with Gasteiger partial charge in [0.2, 0.25) is 5.91 Å². The molecule has 0 saturated heterocycles. The van der Waals surface area contributed by atoms with Crippen molar-refractivity contribution in [1.29, 1.82) is 0 Å². The second-order valence-electron chi connectivity index (χ2n) is 6.37. The van der Waals surface area contributed by atoms with E-state index in [0.29, 0.717) is 18.4 Å². The first-order valence-electron chi connectivity index (χ1n) is 8.18. The average Bonchev–Trinajstić information content (AvgIpc) is 2.50. The Labute approximate surface area is 143 Å². The summed E-state index contributed by atoms with van der Waals surface area (Å²) in [5, 5.41) is 4.00. The Morgan fingerprint density at radius 1 is 1.27 bits per heavy atom. The van der Waals surface area contributed by atoms with E-state index in [1.807, 2.05) is 24.3 Å². The zero-order chi connectivity index (χ0) is 15.9. The number of amides is 1. The third-order valence-corrected chi connectivity index (χ3v) is 5.99. The third kappa shape index (κ3) is 5.51. The van der Waals surface area contributed by atoms with Crippen LogP contribution in [0.15, 0.2) is 24.3 Å². The number of hydrogen-bond acceptors (Lipinski definition) is 2. The van der Waals surface area contributed by atoms with E-state index in [-0.39, 0.29) is 5.91 Å². The number of carbonyl (C=O) groups is 1. The molecule has 1 saturated carbocycles. The van der Waals surface area contributed by atoms with E-state index in [0.717, 1.165) is 28.9 Å². The summed E-state index contributed by atoms with van der Waals surface area (Å²) in [5.74, 6) is 3.32. The van der Waals surface area contributed by atoms with Crippen LogP contribution in [0.5, 0.6) is 0 Å². The minimum atomic E-state index is 0.203. The molecule has 1 N–H and O–H groups in total. The number of nitrogens with one attached hydrogen (secondary N) is 1. The molecule has 3 atom stereocenters. The van der Waals surface area contributed by atoms with Crippen LogP contribution in [0.3, 0.4) is 0 Å². The van der Waals surface area contributed by atoms with Crippen molar-refractivity contribution in [3.63, 3.8) is 0 Å². The number of hydrogen-bond donors (Lipinski definition) is 1. The summed E-state index contributed by atoms with van der Waals surface area (Å²) >= 11 is 7.67. The highest BCUT2D eigenvalue weighted by Gasteiger charge is 2.27. The fourth-order valence-corrected chi connectivity index (χ4v) is 4.03. The monoisotopic (exact) mass is 339 g/mol. The molecule has 22 heavy (non-hydrogen) atoms. The lowest BCUT2D eigenvalue weighted by atomic mass is 9.78. The highest BCUT2D eigenvalue weighted by Crippen LogP contribution is 2.29. The second kappa shape index (κ2) is 8.83. The van der Waals surface area contributed by atoms with Crippen LogP contribution in [0.2, 0.25) is 5.02 Å². The van der Waals surface area contributed by atoms with Crippen molar-refractivity contribution in [1.82, 2.24) is 5.32 Å².